The monoisotopic (exact) mass is 518 g/mol. The Labute approximate surface area is 222 Å². The van der Waals surface area contributed by atoms with E-state index in [9.17, 15) is 14.7 Å². The van der Waals surface area contributed by atoms with Crippen molar-refractivity contribution in [3.8, 4) is 11.1 Å². The molecule has 3 heterocycles. The van der Waals surface area contributed by atoms with E-state index in [0.717, 1.165) is 44.0 Å². The van der Waals surface area contributed by atoms with Gasteiger partial charge in [-0.3, -0.25) is 19.3 Å². The smallest absolute Gasteiger partial charge is 0.413 e. The Hall–Kier alpha value is -4.02. The molecule has 0 atom stereocenters. The summed E-state index contributed by atoms with van der Waals surface area (Å²) >= 11 is 0. The Kier molecular flexibility index (Phi) is 8.23. The van der Waals surface area contributed by atoms with E-state index in [4.69, 9.17) is 4.74 Å². The minimum absolute atomic E-state index is 0.283. The molecule has 0 spiro atoms. The van der Waals surface area contributed by atoms with Gasteiger partial charge in [0.1, 0.15) is 5.82 Å². The van der Waals surface area contributed by atoms with Crippen molar-refractivity contribution >= 4 is 29.6 Å². The average molecular weight is 519 g/mol. The molecule has 2 aromatic heterocycles. The molecule has 3 aromatic rings. The van der Waals surface area contributed by atoms with E-state index >= 15 is 0 Å². The fourth-order valence-electron chi connectivity index (χ4n) is 4.31. The van der Waals surface area contributed by atoms with Gasteiger partial charge in [-0.05, 0) is 56.2 Å². The van der Waals surface area contributed by atoms with E-state index in [1.807, 2.05) is 30.5 Å². The van der Waals surface area contributed by atoms with Crippen molar-refractivity contribution in [3.63, 3.8) is 0 Å². The molecule has 0 saturated carbocycles. The zero-order valence-electron chi connectivity index (χ0n) is 22.2. The number of ether oxygens (including phenoxy) is 1. The van der Waals surface area contributed by atoms with Crippen molar-refractivity contribution in [2.45, 2.75) is 32.9 Å². The van der Waals surface area contributed by atoms with Crippen LogP contribution in [-0.4, -0.2) is 68.6 Å². The molecule has 10 heteroatoms. The van der Waals surface area contributed by atoms with Gasteiger partial charge in [0.25, 0.3) is 0 Å². The highest BCUT2D eigenvalue weighted by Gasteiger charge is 2.29. The number of nitrogens with zero attached hydrogens (tertiary/aromatic N) is 5. The summed E-state index contributed by atoms with van der Waals surface area (Å²) in [5.74, 6) is 0.0108. The maximum Gasteiger partial charge on any atom is 0.413 e. The van der Waals surface area contributed by atoms with Crippen LogP contribution < -0.4 is 10.2 Å². The van der Waals surface area contributed by atoms with Gasteiger partial charge in [-0.25, -0.2) is 9.78 Å². The first-order chi connectivity index (χ1) is 18.1. The number of benzene rings is 1. The van der Waals surface area contributed by atoms with Crippen molar-refractivity contribution in [1.82, 2.24) is 19.7 Å². The predicted octanol–water partition coefficient (Wildman–Crippen LogP) is 4.25. The van der Waals surface area contributed by atoms with Crippen molar-refractivity contribution in [2.75, 3.05) is 36.5 Å². The van der Waals surface area contributed by atoms with Crippen LogP contribution in [0.3, 0.4) is 0 Å². The Morgan fingerprint density at radius 2 is 1.87 bits per heavy atom. The third-order valence-corrected chi connectivity index (χ3v) is 6.17. The minimum Gasteiger partial charge on any atom is -0.465 e. The first-order valence-corrected chi connectivity index (χ1v) is 12.5. The summed E-state index contributed by atoms with van der Waals surface area (Å²) < 4.78 is 7.06. The van der Waals surface area contributed by atoms with Crippen LogP contribution in [0.25, 0.3) is 17.2 Å². The second kappa shape index (κ2) is 11.6. The molecule has 2 amide bonds. The molecule has 0 radical (unpaired) electrons. The van der Waals surface area contributed by atoms with Gasteiger partial charge in [0.15, 0.2) is 0 Å². The number of hydrogen-bond acceptors (Lipinski definition) is 6. The van der Waals surface area contributed by atoms with Crippen molar-refractivity contribution in [2.24, 2.45) is 7.05 Å². The summed E-state index contributed by atoms with van der Waals surface area (Å²) in [5, 5.41) is 16.9. The van der Waals surface area contributed by atoms with Gasteiger partial charge in [-0.2, -0.15) is 5.10 Å². The number of nitrogens with one attached hydrogen (secondary N) is 1. The molecule has 0 aliphatic carbocycles. The Balaban J connectivity index is 1.51. The second-order valence-electron chi connectivity index (χ2n) is 10.2. The third kappa shape index (κ3) is 6.84. The molecule has 1 aromatic carbocycles. The van der Waals surface area contributed by atoms with Gasteiger partial charge < -0.3 is 15.2 Å². The highest BCUT2D eigenvalue weighted by atomic mass is 16.5. The molecule has 0 unspecified atom stereocenters. The number of amides is 2. The van der Waals surface area contributed by atoms with Crippen LogP contribution in [0.4, 0.5) is 16.3 Å². The summed E-state index contributed by atoms with van der Waals surface area (Å²) in [6, 6.07) is 9.53. The van der Waals surface area contributed by atoms with Gasteiger partial charge >= 0.3 is 6.09 Å². The van der Waals surface area contributed by atoms with Crippen molar-refractivity contribution < 1.29 is 19.4 Å². The predicted molar refractivity (Wildman–Crippen MR) is 147 cm³/mol. The highest BCUT2D eigenvalue weighted by molar-refractivity contribution is 6.02. The molecule has 0 bridgehead atoms. The van der Waals surface area contributed by atoms with Crippen molar-refractivity contribution in [3.05, 3.63) is 66.1 Å². The minimum atomic E-state index is -1.10. The lowest BCUT2D eigenvalue weighted by Crippen LogP contribution is -2.45. The van der Waals surface area contributed by atoms with Gasteiger partial charge in [0, 0.05) is 67.5 Å². The SMILES string of the molecule is Cn1cc(-c2cc(N(C(=O)O)C(C)(C)C)ncc2/C=C/C(=O)Nc2ccc(CN3CCOCC3)cc2)cn1. The van der Waals surface area contributed by atoms with Crippen LogP contribution in [-0.2, 0) is 23.1 Å². The van der Waals surface area contributed by atoms with Crippen LogP contribution in [0.2, 0.25) is 0 Å². The van der Waals surface area contributed by atoms with Crippen LogP contribution in [0.5, 0.6) is 0 Å². The molecule has 1 fully saturated rings. The Bertz CT molecular complexity index is 1300. The fourth-order valence-corrected chi connectivity index (χ4v) is 4.31. The maximum atomic E-state index is 12.7. The summed E-state index contributed by atoms with van der Waals surface area (Å²) in [7, 11) is 1.81. The lowest BCUT2D eigenvalue weighted by molar-refractivity contribution is -0.111. The normalized spacial score (nSPS) is 14.5. The Morgan fingerprint density at radius 3 is 2.47 bits per heavy atom. The highest BCUT2D eigenvalue weighted by Crippen LogP contribution is 2.30. The number of carbonyl (C=O) groups excluding carboxylic acids is 1. The molecule has 1 aliphatic rings. The van der Waals surface area contributed by atoms with E-state index in [0.29, 0.717) is 17.1 Å². The second-order valence-corrected chi connectivity index (χ2v) is 10.2. The maximum absolute atomic E-state index is 12.7. The Morgan fingerprint density at radius 1 is 1.16 bits per heavy atom. The van der Waals surface area contributed by atoms with Crippen LogP contribution in [0.1, 0.15) is 31.9 Å². The van der Waals surface area contributed by atoms with Crippen LogP contribution >= 0.6 is 0 Å². The molecular formula is C28H34N6O4. The number of rotatable bonds is 7. The zero-order chi connectivity index (χ0) is 27.3. The van der Waals surface area contributed by atoms with E-state index in [1.165, 1.54) is 16.5 Å². The standard InChI is InChI=1S/C28H34N6O4/c1-28(2,3)34(27(36)37)25-15-24(22-17-30-32(4)19-22)21(16-29-25)7-10-26(35)31-23-8-5-20(6-9-23)18-33-11-13-38-14-12-33/h5-10,15-17,19H,11-14,18H2,1-4H3,(H,31,35)(H,36,37)/b10-7+. The van der Waals surface area contributed by atoms with Gasteiger partial charge in [-0.1, -0.05) is 12.1 Å². The molecule has 38 heavy (non-hydrogen) atoms. The summed E-state index contributed by atoms with van der Waals surface area (Å²) in [5.41, 5.74) is 3.35. The van der Waals surface area contributed by atoms with Crippen LogP contribution in [0.15, 0.2) is 55.0 Å². The van der Waals surface area contributed by atoms with E-state index in [-0.39, 0.29) is 5.91 Å². The first-order valence-electron chi connectivity index (χ1n) is 12.5. The zero-order valence-corrected chi connectivity index (χ0v) is 22.2. The molecule has 2 N–H and O–H groups in total. The molecule has 4 rings (SSSR count). The number of carboxylic acid groups (broad SMARTS) is 1. The van der Waals surface area contributed by atoms with E-state index in [1.54, 1.807) is 57.0 Å². The number of anilines is 2. The lowest BCUT2D eigenvalue weighted by atomic mass is 10.0. The van der Waals surface area contributed by atoms with Gasteiger partial charge in [0.2, 0.25) is 5.91 Å². The summed E-state index contributed by atoms with van der Waals surface area (Å²) in [4.78, 5) is 32.6. The first kappa shape index (κ1) is 27.0. The molecule has 1 aliphatic heterocycles. The number of carbonyl (C=O) groups is 2. The molecule has 200 valence electrons. The lowest BCUT2D eigenvalue weighted by Gasteiger charge is -2.32. The van der Waals surface area contributed by atoms with E-state index in [2.05, 4.69) is 20.3 Å². The number of morpholine rings is 1. The largest absolute Gasteiger partial charge is 0.465 e. The third-order valence-electron chi connectivity index (χ3n) is 6.17. The fraction of sp³-hybridized carbons (Fsp3) is 0.357. The summed E-state index contributed by atoms with van der Waals surface area (Å²) in [6.45, 7) is 9.63. The number of aromatic nitrogens is 3. The topological polar surface area (TPSA) is 113 Å². The van der Waals surface area contributed by atoms with Crippen LogP contribution in [0, 0.1) is 0 Å². The number of aryl methyl sites for hydroxylation is 1. The average Bonchev–Trinajstić information content (AvgIpc) is 3.30. The summed E-state index contributed by atoms with van der Waals surface area (Å²) in [6.07, 6.45) is 7.11. The number of pyridine rings is 1. The van der Waals surface area contributed by atoms with Crippen molar-refractivity contribution in [1.29, 1.82) is 0 Å². The number of hydrogen-bond donors (Lipinski definition) is 2. The van der Waals surface area contributed by atoms with Gasteiger partial charge in [0.05, 0.1) is 19.4 Å². The molecular weight excluding hydrogens is 484 g/mol. The van der Waals surface area contributed by atoms with Gasteiger partial charge in [-0.15, -0.1) is 0 Å². The molecule has 1 saturated heterocycles. The quantitative estimate of drug-likeness (QED) is 0.450. The molecule has 10 nitrogen and oxygen atoms in total. The van der Waals surface area contributed by atoms with E-state index < -0.39 is 11.6 Å².